The summed E-state index contributed by atoms with van der Waals surface area (Å²) in [5.74, 6) is -0.518. The molecule has 1 amide bonds. The molecule has 7 heteroatoms. The Kier molecular flexibility index (Phi) is 4.60. The number of aliphatic hydroxyl groups is 3. The van der Waals surface area contributed by atoms with Gasteiger partial charge in [0.25, 0.3) is 0 Å². The second kappa shape index (κ2) is 6.40. The molecule has 1 spiro atoms. The molecule has 166 valence electrons. The molecule has 0 radical (unpaired) electrons. The number of carbonyl (C=O) groups is 2. The summed E-state index contributed by atoms with van der Waals surface area (Å²) in [4.78, 5) is 27.7. The summed E-state index contributed by atoms with van der Waals surface area (Å²) in [6.07, 6.45) is 0.739. The highest BCUT2D eigenvalue weighted by Crippen LogP contribution is 2.71. The zero-order valence-electron chi connectivity index (χ0n) is 18.5. The van der Waals surface area contributed by atoms with Crippen LogP contribution in [0.4, 0.5) is 4.79 Å². The van der Waals surface area contributed by atoms with Crippen LogP contribution in [-0.2, 0) is 9.53 Å². The molecule has 2 bridgehead atoms. The highest BCUT2D eigenvalue weighted by Gasteiger charge is 2.76. The number of rotatable bonds is 2. The van der Waals surface area contributed by atoms with Gasteiger partial charge in [-0.1, -0.05) is 32.9 Å². The van der Waals surface area contributed by atoms with Crippen LogP contribution in [0.2, 0.25) is 0 Å². The molecule has 3 N–H and O–H groups in total. The number of carbonyl (C=O) groups excluding carboxylic acids is 2. The zero-order chi connectivity index (χ0) is 22.4. The van der Waals surface area contributed by atoms with E-state index in [4.69, 9.17) is 4.74 Å². The van der Waals surface area contributed by atoms with Crippen molar-refractivity contribution in [2.75, 3.05) is 20.7 Å². The quantitative estimate of drug-likeness (QED) is 0.586. The van der Waals surface area contributed by atoms with E-state index in [9.17, 15) is 24.9 Å². The highest BCUT2D eigenvalue weighted by atomic mass is 16.6. The monoisotopic (exact) mass is 419 g/mol. The lowest BCUT2D eigenvalue weighted by atomic mass is 9.59. The lowest BCUT2D eigenvalue weighted by Gasteiger charge is -2.48. The molecule has 8 atom stereocenters. The standard InChI is InChI=1S/C23H33NO6/c1-11-9-22-12(2)7-15-16(21(15,3)4)14(18(22)27)8-13(10-25)17(26)23(22,29)19(11)30-20(28)24(5)6/h8-9,12,14-17,19,25-26,29H,7,10H2,1-6H3/t12-,14+,15-,16+,17-,19+,22+,23+/m1/s1. The average Bonchev–Trinajstić information content (AvgIpc) is 3.16. The summed E-state index contributed by atoms with van der Waals surface area (Å²) in [7, 11) is 3.06. The summed E-state index contributed by atoms with van der Waals surface area (Å²) in [6, 6.07) is 0. The van der Waals surface area contributed by atoms with Crippen molar-refractivity contribution in [2.24, 2.45) is 34.5 Å². The largest absolute Gasteiger partial charge is 0.438 e. The molecule has 0 saturated heterocycles. The number of fused-ring (bicyclic) bond motifs is 3. The van der Waals surface area contributed by atoms with Gasteiger partial charge in [-0.2, -0.15) is 0 Å². The van der Waals surface area contributed by atoms with E-state index in [0.29, 0.717) is 11.5 Å². The van der Waals surface area contributed by atoms with Crippen molar-refractivity contribution in [2.45, 2.75) is 51.9 Å². The van der Waals surface area contributed by atoms with E-state index in [1.165, 1.54) is 19.0 Å². The number of Topliss-reactive ketones (excluding diaryl/α,β-unsaturated/α-hetero) is 1. The van der Waals surface area contributed by atoms with Gasteiger partial charge in [0.2, 0.25) is 0 Å². The van der Waals surface area contributed by atoms with Gasteiger partial charge in [0.15, 0.2) is 17.5 Å². The van der Waals surface area contributed by atoms with E-state index in [2.05, 4.69) is 13.8 Å². The fourth-order valence-corrected chi connectivity index (χ4v) is 6.80. The molecule has 0 aromatic rings. The van der Waals surface area contributed by atoms with E-state index < -0.39 is 41.8 Å². The Balaban J connectivity index is 1.92. The minimum Gasteiger partial charge on any atom is -0.438 e. The molecular formula is C23H33NO6. The maximum absolute atomic E-state index is 14.1. The van der Waals surface area contributed by atoms with Crippen molar-refractivity contribution in [3.63, 3.8) is 0 Å². The first-order chi connectivity index (χ1) is 13.9. The van der Waals surface area contributed by atoms with Crippen LogP contribution in [0.25, 0.3) is 0 Å². The molecule has 4 aliphatic carbocycles. The Morgan fingerprint density at radius 3 is 2.53 bits per heavy atom. The van der Waals surface area contributed by atoms with Gasteiger partial charge in [0.1, 0.15) is 6.10 Å². The molecule has 2 fully saturated rings. The topological polar surface area (TPSA) is 107 Å². The SMILES string of the molecule is CC1=C[C@]23C(=O)[C@@H](C=C(CO)[C@@H](O)[C@]2(O)[C@H]1OC(=O)N(C)C)[C@H]1[C@@H](C[C@H]3C)C1(C)C. The maximum atomic E-state index is 14.1. The van der Waals surface area contributed by atoms with Gasteiger partial charge in [-0.25, -0.2) is 4.79 Å². The van der Waals surface area contributed by atoms with Gasteiger partial charge < -0.3 is 25.0 Å². The first-order valence-electron chi connectivity index (χ1n) is 10.7. The molecule has 30 heavy (non-hydrogen) atoms. The number of hydrogen-bond donors (Lipinski definition) is 3. The van der Waals surface area contributed by atoms with Crippen LogP contribution in [0.5, 0.6) is 0 Å². The summed E-state index contributed by atoms with van der Waals surface area (Å²) in [5.41, 5.74) is -2.74. The van der Waals surface area contributed by atoms with Crippen molar-refractivity contribution in [3.8, 4) is 0 Å². The van der Waals surface area contributed by atoms with Gasteiger partial charge in [-0.3, -0.25) is 4.79 Å². The fraction of sp³-hybridized carbons (Fsp3) is 0.739. The van der Waals surface area contributed by atoms with Crippen molar-refractivity contribution in [1.29, 1.82) is 0 Å². The third-order valence-corrected chi connectivity index (χ3v) is 8.48. The average molecular weight is 420 g/mol. The minimum atomic E-state index is -2.08. The van der Waals surface area contributed by atoms with Crippen molar-refractivity contribution in [3.05, 3.63) is 23.3 Å². The normalized spacial score (nSPS) is 46.0. The lowest BCUT2D eigenvalue weighted by molar-refractivity contribution is -0.191. The van der Waals surface area contributed by atoms with Crippen LogP contribution >= 0.6 is 0 Å². The van der Waals surface area contributed by atoms with E-state index in [1.54, 1.807) is 19.1 Å². The summed E-state index contributed by atoms with van der Waals surface area (Å²) in [6.45, 7) is 7.47. The number of allylic oxidation sites excluding steroid dienone is 1. The van der Waals surface area contributed by atoms with Crippen LogP contribution in [0.15, 0.2) is 23.3 Å². The van der Waals surface area contributed by atoms with Gasteiger partial charge in [0, 0.05) is 20.0 Å². The number of aliphatic hydroxyl groups excluding tert-OH is 2. The van der Waals surface area contributed by atoms with Crippen LogP contribution in [0.1, 0.15) is 34.1 Å². The Hall–Kier alpha value is -1.70. The summed E-state index contributed by atoms with van der Waals surface area (Å²) >= 11 is 0. The molecule has 2 saturated carbocycles. The van der Waals surface area contributed by atoms with Crippen LogP contribution < -0.4 is 0 Å². The lowest BCUT2D eigenvalue weighted by Crippen LogP contribution is -2.66. The predicted octanol–water partition coefficient (Wildman–Crippen LogP) is 1.52. The molecule has 0 heterocycles. The first-order valence-corrected chi connectivity index (χ1v) is 10.7. The van der Waals surface area contributed by atoms with Gasteiger partial charge in [-0.05, 0) is 47.7 Å². The number of nitrogens with zero attached hydrogens (tertiary/aromatic N) is 1. The highest BCUT2D eigenvalue weighted by molar-refractivity contribution is 5.95. The Morgan fingerprint density at radius 2 is 1.97 bits per heavy atom. The summed E-state index contributed by atoms with van der Waals surface area (Å²) < 4.78 is 5.63. The molecule has 0 aromatic heterocycles. The molecule has 4 rings (SSSR count). The van der Waals surface area contributed by atoms with Crippen LogP contribution in [0, 0.1) is 34.5 Å². The molecule has 7 nitrogen and oxygen atoms in total. The van der Waals surface area contributed by atoms with Crippen LogP contribution in [-0.4, -0.2) is 70.6 Å². The number of hydrogen-bond acceptors (Lipinski definition) is 6. The Morgan fingerprint density at radius 1 is 1.33 bits per heavy atom. The number of ketones is 1. The van der Waals surface area contributed by atoms with Crippen molar-refractivity contribution in [1.82, 2.24) is 4.90 Å². The second-order valence-corrected chi connectivity index (χ2v) is 10.5. The number of ether oxygens (including phenoxy) is 1. The zero-order valence-corrected chi connectivity index (χ0v) is 18.5. The third-order valence-electron chi connectivity index (χ3n) is 8.48. The smallest absolute Gasteiger partial charge is 0.409 e. The summed E-state index contributed by atoms with van der Waals surface area (Å²) in [5, 5.41) is 33.5. The molecule has 4 aliphatic rings. The van der Waals surface area contributed by atoms with E-state index in [-0.39, 0.29) is 28.6 Å². The Bertz CT molecular complexity index is 860. The maximum Gasteiger partial charge on any atom is 0.409 e. The van der Waals surface area contributed by atoms with Crippen molar-refractivity contribution < 1.29 is 29.6 Å². The van der Waals surface area contributed by atoms with E-state index in [0.717, 1.165) is 6.42 Å². The van der Waals surface area contributed by atoms with E-state index in [1.807, 2.05) is 6.92 Å². The Labute approximate surface area is 177 Å². The third kappa shape index (κ3) is 2.37. The molecule has 0 aromatic carbocycles. The van der Waals surface area contributed by atoms with Gasteiger partial charge >= 0.3 is 6.09 Å². The van der Waals surface area contributed by atoms with E-state index >= 15 is 0 Å². The second-order valence-electron chi connectivity index (χ2n) is 10.5. The fourth-order valence-electron chi connectivity index (χ4n) is 6.80. The molecule has 0 aliphatic heterocycles. The number of amides is 1. The molecular weight excluding hydrogens is 386 g/mol. The molecule has 0 unspecified atom stereocenters. The van der Waals surface area contributed by atoms with Gasteiger partial charge in [0.05, 0.1) is 12.0 Å². The minimum absolute atomic E-state index is 0.0190. The van der Waals surface area contributed by atoms with Gasteiger partial charge in [-0.15, -0.1) is 0 Å². The van der Waals surface area contributed by atoms with Crippen molar-refractivity contribution >= 4 is 11.9 Å². The van der Waals surface area contributed by atoms with Crippen LogP contribution in [0.3, 0.4) is 0 Å². The first kappa shape index (κ1) is 21.5. The predicted molar refractivity (Wildman–Crippen MR) is 109 cm³/mol.